The molecule has 152 valence electrons. The highest BCUT2D eigenvalue weighted by Crippen LogP contribution is 2.41. The first-order valence-corrected chi connectivity index (χ1v) is 9.87. The van der Waals surface area contributed by atoms with E-state index in [1.54, 1.807) is 18.2 Å². The standard InChI is InChI=1S/C21H28FN3O3/c1-20(2,3)11-23-12-21(13-23)19(28)24(9-14-6-4-5-7-16(14)22)18(27)17-8-15(26)10-25(17)21/h4-7,15,17,26H,8-13H2,1-3H3. The number of nitrogens with zero attached hydrogens (tertiary/aromatic N) is 3. The Kier molecular flexibility index (Phi) is 4.60. The number of benzene rings is 1. The van der Waals surface area contributed by atoms with Gasteiger partial charge in [0.15, 0.2) is 0 Å². The fourth-order valence-electron chi connectivity index (χ4n) is 4.91. The van der Waals surface area contributed by atoms with Gasteiger partial charge in [0.25, 0.3) is 5.91 Å². The fraction of sp³-hybridized carbons (Fsp3) is 0.619. The smallest absolute Gasteiger partial charge is 0.252 e. The quantitative estimate of drug-likeness (QED) is 0.788. The van der Waals surface area contributed by atoms with E-state index >= 15 is 0 Å². The highest BCUT2D eigenvalue weighted by molar-refractivity contribution is 6.06. The van der Waals surface area contributed by atoms with Gasteiger partial charge >= 0.3 is 0 Å². The lowest BCUT2D eigenvalue weighted by molar-refractivity contribution is -0.182. The summed E-state index contributed by atoms with van der Waals surface area (Å²) >= 11 is 0. The molecule has 4 rings (SSSR count). The van der Waals surface area contributed by atoms with E-state index in [0.29, 0.717) is 31.6 Å². The number of halogens is 1. The van der Waals surface area contributed by atoms with Crippen LogP contribution >= 0.6 is 0 Å². The van der Waals surface area contributed by atoms with Crippen molar-refractivity contribution in [2.24, 2.45) is 5.41 Å². The molecule has 0 radical (unpaired) electrons. The summed E-state index contributed by atoms with van der Waals surface area (Å²) in [6, 6.07) is 5.71. The van der Waals surface area contributed by atoms with Crippen LogP contribution in [-0.2, 0) is 16.1 Å². The largest absolute Gasteiger partial charge is 0.392 e. The summed E-state index contributed by atoms with van der Waals surface area (Å²) in [7, 11) is 0. The van der Waals surface area contributed by atoms with E-state index in [-0.39, 0.29) is 23.8 Å². The van der Waals surface area contributed by atoms with Crippen LogP contribution in [0.2, 0.25) is 0 Å². The summed E-state index contributed by atoms with van der Waals surface area (Å²) in [4.78, 5) is 31.8. The molecule has 1 spiro atoms. The number of hydrogen-bond acceptors (Lipinski definition) is 5. The average Bonchev–Trinajstić information content (AvgIpc) is 2.96. The van der Waals surface area contributed by atoms with Crippen LogP contribution in [0.1, 0.15) is 32.8 Å². The zero-order valence-corrected chi connectivity index (χ0v) is 16.7. The fourth-order valence-corrected chi connectivity index (χ4v) is 4.91. The van der Waals surface area contributed by atoms with Crippen LogP contribution < -0.4 is 0 Å². The molecule has 28 heavy (non-hydrogen) atoms. The van der Waals surface area contributed by atoms with E-state index in [4.69, 9.17) is 0 Å². The average molecular weight is 389 g/mol. The van der Waals surface area contributed by atoms with E-state index in [0.717, 1.165) is 6.54 Å². The van der Waals surface area contributed by atoms with Crippen molar-refractivity contribution in [3.05, 3.63) is 35.6 Å². The van der Waals surface area contributed by atoms with Crippen LogP contribution in [-0.4, -0.2) is 75.5 Å². The zero-order valence-electron chi connectivity index (χ0n) is 16.7. The lowest BCUT2D eigenvalue weighted by atomic mass is 9.80. The van der Waals surface area contributed by atoms with Crippen molar-refractivity contribution in [3.63, 3.8) is 0 Å². The van der Waals surface area contributed by atoms with Gasteiger partial charge in [0, 0.05) is 31.7 Å². The summed E-state index contributed by atoms with van der Waals surface area (Å²) in [6.07, 6.45) is -0.301. The van der Waals surface area contributed by atoms with Crippen LogP contribution in [0.25, 0.3) is 0 Å². The van der Waals surface area contributed by atoms with Gasteiger partial charge in [0.1, 0.15) is 11.4 Å². The second-order valence-electron chi connectivity index (χ2n) is 9.62. The number of rotatable bonds is 3. The minimum atomic E-state index is -0.799. The van der Waals surface area contributed by atoms with Gasteiger partial charge in [-0.3, -0.25) is 24.3 Å². The molecular weight excluding hydrogens is 361 g/mol. The van der Waals surface area contributed by atoms with Crippen molar-refractivity contribution in [3.8, 4) is 0 Å². The third kappa shape index (κ3) is 3.15. The van der Waals surface area contributed by atoms with Crippen molar-refractivity contribution in [2.75, 3.05) is 26.2 Å². The lowest BCUT2D eigenvalue weighted by Crippen LogP contribution is -2.81. The SMILES string of the molecule is CC(C)(C)CN1CC2(C1)C(=O)N(Cc1ccccc1F)C(=O)C1CC(O)CN12. The van der Waals surface area contributed by atoms with Crippen molar-refractivity contribution < 1.29 is 19.1 Å². The van der Waals surface area contributed by atoms with Gasteiger partial charge in [0.05, 0.1) is 18.7 Å². The van der Waals surface area contributed by atoms with Gasteiger partial charge in [-0.15, -0.1) is 0 Å². The number of hydrogen-bond donors (Lipinski definition) is 1. The first-order chi connectivity index (χ1) is 13.1. The maximum Gasteiger partial charge on any atom is 0.252 e. The summed E-state index contributed by atoms with van der Waals surface area (Å²) in [5, 5.41) is 10.2. The molecule has 1 aromatic carbocycles. The summed E-state index contributed by atoms with van der Waals surface area (Å²) in [5.41, 5.74) is -0.365. The molecule has 0 saturated carbocycles. The summed E-state index contributed by atoms with van der Waals surface area (Å²) < 4.78 is 14.2. The molecule has 3 saturated heterocycles. The van der Waals surface area contributed by atoms with Gasteiger partial charge in [-0.25, -0.2) is 4.39 Å². The van der Waals surface area contributed by atoms with Gasteiger partial charge in [-0.1, -0.05) is 39.0 Å². The number of β-amino-alcohol motifs (C(OH)–C–C–N with tert-alkyl or cyclic N) is 1. The van der Waals surface area contributed by atoms with Gasteiger partial charge < -0.3 is 5.11 Å². The van der Waals surface area contributed by atoms with E-state index < -0.39 is 23.5 Å². The van der Waals surface area contributed by atoms with Crippen molar-refractivity contribution in [2.45, 2.75) is 51.4 Å². The Labute approximate surface area is 164 Å². The van der Waals surface area contributed by atoms with Crippen LogP contribution in [0.5, 0.6) is 0 Å². The van der Waals surface area contributed by atoms with Crippen LogP contribution in [0.4, 0.5) is 4.39 Å². The van der Waals surface area contributed by atoms with Crippen molar-refractivity contribution in [1.82, 2.24) is 14.7 Å². The molecular formula is C21H28FN3O3. The molecule has 0 bridgehead atoms. The molecule has 3 aliphatic heterocycles. The van der Waals surface area contributed by atoms with E-state index in [1.165, 1.54) is 11.0 Å². The minimum absolute atomic E-state index is 0.0637. The van der Waals surface area contributed by atoms with Crippen LogP contribution in [0.15, 0.2) is 24.3 Å². The van der Waals surface area contributed by atoms with E-state index in [9.17, 15) is 19.1 Å². The monoisotopic (exact) mass is 389 g/mol. The van der Waals surface area contributed by atoms with Crippen LogP contribution in [0.3, 0.4) is 0 Å². The predicted octanol–water partition coefficient (Wildman–Crippen LogP) is 1.23. The number of fused-ring (bicyclic) bond motifs is 2. The van der Waals surface area contributed by atoms with Gasteiger partial charge in [0.2, 0.25) is 5.91 Å². The Hall–Kier alpha value is -1.83. The van der Waals surface area contributed by atoms with Gasteiger partial charge in [-0.05, 0) is 17.9 Å². The number of aliphatic hydroxyl groups is 1. The van der Waals surface area contributed by atoms with Crippen molar-refractivity contribution >= 4 is 11.8 Å². The second-order valence-corrected chi connectivity index (χ2v) is 9.62. The highest BCUT2D eigenvalue weighted by atomic mass is 19.1. The number of piperazine rings is 1. The molecule has 1 N–H and O–H groups in total. The predicted molar refractivity (Wildman–Crippen MR) is 102 cm³/mol. The number of likely N-dealkylation sites (tertiary alicyclic amines) is 1. The summed E-state index contributed by atoms with van der Waals surface area (Å²) in [5.74, 6) is -1.02. The molecule has 2 atom stereocenters. The number of carbonyl (C=O) groups is 2. The normalized spacial score (nSPS) is 28.0. The topological polar surface area (TPSA) is 64.1 Å². The third-order valence-electron chi connectivity index (χ3n) is 5.98. The molecule has 0 aliphatic carbocycles. The molecule has 2 amide bonds. The molecule has 7 heteroatoms. The number of aliphatic hydroxyl groups excluding tert-OH is 1. The first-order valence-electron chi connectivity index (χ1n) is 9.87. The van der Waals surface area contributed by atoms with Crippen molar-refractivity contribution in [1.29, 1.82) is 0 Å². The molecule has 3 aliphatic rings. The molecule has 3 fully saturated rings. The lowest BCUT2D eigenvalue weighted by Gasteiger charge is -2.59. The Morgan fingerprint density at radius 1 is 1.21 bits per heavy atom. The van der Waals surface area contributed by atoms with E-state index in [1.807, 2.05) is 4.90 Å². The number of carbonyl (C=O) groups excluding carboxylic acids is 2. The maximum atomic E-state index is 14.2. The third-order valence-corrected chi connectivity index (χ3v) is 5.98. The van der Waals surface area contributed by atoms with Gasteiger partial charge in [-0.2, -0.15) is 0 Å². The number of amides is 2. The number of imide groups is 1. The highest BCUT2D eigenvalue weighted by Gasteiger charge is 2.64. The molecule has 2 unspecified atom stereocenters. The summed E-state index contributed by atoms with van der Waals surface area (Å²) in [6.45, 7) is 8.64. The van der Waals surface area contributed by atoms with E-state index in [2.05, 4.69) is 25.7 Å². The second kappa shape index (κ2) is 6.61. The Balaban J connectivity index is 1.62. The van der Waals surface area contributed by atoms with Crippen LogP contribution in [0, 0.1) is 11.2 Å². The Morgan fingerprint density at radius 2 is 1.89 bits per heavy atom. The first kappa shape index (κ1) is 19.5. The molecule has 1 aromatic rings. The Morgan fingerprint density at radius 3 is 2.54 bits per heavy atom. The molecule has 6 nitrogen and oxygen atoms in total. The Bertz CT molecular complexity index is 800. The molecule has 0 aromatic heterocycles. The molecule has 3 heterocycles. The maximum absolute atomic E-state index is 14.2. The minimum Gasteiger partial charge on any atom is -0.392 e. The zero-order chi connectivity index (χ0) is 20.3.